The second-order valence-electron chi connectivity index (χ2n) is 5.84. The van der Waals surface area contributed by atoms with Crippen molar-refractivity contribution in [1.29, 1.82) is 0 Å². The van der Waals surface area contributed by atoms with Crippen LogP contribution in [-0.2, 0) is 9.59 Å². The van der Waals surface area contributed by atoms with Crippen LogP contribution in [0.1, 0.15) is 27.7 Å². The van der Waals surface area contributed by atoms with E-state index in [1.807, 2.05) is 0 Å². The van der Waals surface area contributed by atoms with Crippen molar-refractivity contribution < 1.29 is 19.5 Å². The summed E-state index contributed by atoms with van der Waals surface area (Å²) in [6.45, 7) is 7.36. The summed E-state index contributed by atoms with van der Waals surface area (Å²) in [5.74, 6) is -1.21. The monoisotopic (exact) mass is 285 g/mol. The van der Waals surface area contributed by atoms with E-state index in [1.165, 1.54) is 9.80 Å². The number of hydrogen-bond acceptors (Lipinski definition) is 3. The molecule has 1 saturated heterocycles. The Bertz CT molecular complexity index is 420. The molecule has 0 saturated carbocycles. The summed E-state index contributed by atoms with van der Waals surface area (Å²) in [6.07, 6.45) is 0. The molecule has 0 aromatic rings. The average Bonchev–Trinajstić information content (AvgIpc) is 2.32. The molecule has 1 rings (SSSR count). The Hall–Kier alpha value is -1.79. The van der Waals surface area contributed by atoms with Gasteiger partial charge in [0.25, 0.3) is 0 Å². The first-order chi connectivity index (χ1) is 9.09. The van der Waals surface area contributed by atoms with Crippen LogP contribution in [0.2, 0.25) is 0 Å². The molecule has 114 valence electrons. The minimum atomic E-state index is -1.06. The molecule has 0 bridgehead atoms. The van der Waals surface area contributed by atoms with Crippen LogP contribution >= 0.6 is 0 Å². The minimum absolute atomic E-state index is 0.142. The molecular weight excluding hydrogens is 262 g/mol. The van der Waals surface area contributed by atoms with Crippen molar-refractivity contribution in [2.45, 2.75) is 39.3 Å². The van der Waals surface area contributed by atoms with Gasteiger partial charge in [-0.1, -0.05) is 0 Å². The quantitative estimate of drug-likeness (QED) is 0.816. The Morgan fingerprint density at radius 1 is 1.35 bits per heavy atom. The standard InChI is InChI=1S/C13H23N3O4/c1-9(2)15(8-10(17)18)12(20)16-7-6-14(5)11(19)13(16,3)4/h9H,6-8H2,1-5H3,(H,17,18). The highest BCUT2D eigenvalue weighted by Gasteiger charge is 2.44. The van der Waals surface area contributed by atoms with Crippen molar-refractivity contribution in [3.05, 3.63) is 0 Å². The van der Waals surface area contributed by atoms with Gasteiger partial charge in [-0.3, -0.25) is 9.59 Å². The predicted octanol–water partition coefficient (Wildman–Crippen LogP) is 0.454. The maximum atomic E-state index is 12.6. The van der Waals surface area contributed by atoms with Gasteiger partial charge in [-0.05, 0) is 27.7 Å². The van der Waals surface area contributed by atoms with Gasteiger partial charge in [0.2, 0.25) is 5.91 Å². The number of nitrogens with zero attached hydrogens (tertiary/aromatic N) is 3. The topological polar surface area (TPSA) is 81.2 Å². The third-order valence-corrected chi connectivity index (χ3v) is 3.61. The number of amides is 3. The van der Waals surface area contributed by atoms with E-state index in [1.54, 1.807) is 39.6 Å². The normalized spacial score (nSPS) is 18.4. The first-order valence-corrected chi connectivity index (χ1v) is 6.64. The van der Waals surface area contributed by atoms with E-state index in [4.69, 9.17) is 5.11 Å². The molecule has 20 heavy (non-hydrogen) atoms. The number of carboxylic acids is 1. The largest absolute Gasteiger partial charge is 0.480 e. The Morgan fingerprint density at radius 2 is 1.90 bits per heavy atom. The molecule has 1 heterocycles. The fourth-order valence-electron chi connectivity index (χ4n) is 2.32. The summed E-state index contributed by atoms with van der Waals surface area (Å²) in [7, 11) is 1.70. The third-order valence-electron chi connectivity index (χ3n) is 3.61. The summed E-state index contributed by atoms with van der Waals surface area (Å²) in [5, 5.41) is 8.92. The van der Waals surface area contributed by atoms with E-state index in [-0.39, 0.29) is 18.5 Å². The molecule has 0 aliphatic carbocycles. The second kappa shape index (κ2) is 5.68. The Morgan fingerprint density at radius 3 is 2.35 bits per heavy atom. The molecule has 0 radical (unpaired) electrons. The number of piperazine rings is 1. The number of hydrogen-bond donors (Lipinski definition) is 1. The Balaban J connectivity index is 2.99. The summed E-state index contributed by atoms with van der Waals surface area (Å²) in [5.41, 5.74) is -0.963. The van der Waals surface area contributed by atoms with E-state index < -0.39 is 17.5 Å². The van der Waals surface area contributed by atoms with E-state index in [0.29, 0.717) is 13.1 Å². The van der Waals surface area contributed by atoms with Gasteiger partial charge in [0.05, 0.1) is 0 Å². The number of rotatable bonds is 3. The lowest BCUT2D eigenvalue weighted by Gasteiger charge is -2.46. The lowest BCUT2D eigenvalue weighted by molar-refractivity contribution is -0.145. The molecule has 1 aliphatic heterocycles. The molecule has 0 aromatic heterocycles. The third kappa shape index (κ3) is 3.02. The van der Waals surface area contributed by atoms with Crippen molar-refractivity contribution in [3.8, 4) is 0 Å². The van der Waals surface area contributed by atoms with Crippen molar-refractivity contribution in [2.24, 2.45) is 0 Å². The maximum Gasteiger partial charge on any atom is 0.323 e. The Kier molecular flexibility index (Phi) is 4.62. The SMILES string of the molecule is CC(C)N(CC(=O)O)C(=O)N1CCN(C)C(=O)C1(C)C. The number of carbonyl (C=O) groups excluding carboxylic acids is 2. The van der Waals surface area contributed by atoms with Gasteiger partial charge in [-0.15, -0.1) is 0 Å². The highest BCUT2D eigenvalue weighted by Crippen LogP contribution is 2.23. The highest BCUT2D eigenvalue weighted by atomic mass is 16.4. The lowest BCUT2D eigenvalue weighted by atomic mass is 9.98. The fourth-order valence-corrected chi connectivity index (χ4v) is 2.32. The van der Waals surface area contributed by atoms with Gasteiger partial charge >= 0.3 is 12.0 Å². The number of aliphatic carboxylic acids is 1. The van der Waals surface area contributed by atoms with Gasteiger partial charge < -0.3 is 19.8 Å². The minimum Gasteiger partial charge on any atom is -0.480 e. The number of carboxylic acid groups (broad SMARTS) is 1. The van der Waals surface area contributed by atoms with Gasteiger partial charge in [0.15, 0.2) is 0 Å². The van der Waals surface area contributed by atoms with Crippen LogP contribution in [0.15, 0.2) is 0 Å². The molecule has 0 unspecified atom stereocenters. The molecule has 1 aliphatic rings. The molecule has 1 N–H and O–H groups in total. The summed E-state index contributed by atoms with van der Waals surface area (Å²) in [4.78, 5) is 39.9. The number of carbonyl (C=O) groups is 3. The summed E-state index contributed by atoms with van der Waals surface area (Å²) >= 11 is 0. The number of likely N-dealkylation sites (N-methyl/N-ethyl adjacent to an activating group) is 1. The first-order valence-electron chi connectivity index (χ1n) is 6.64. The molecule has 0 aromatic carbocycles. The molecule has 7 heteroatoms. The van der Waals surface area contributed by atoms with Crippen molar-refractivity contribution in [1.82, 2.24) is 14.7 Å². The second-order valence-corrected chi connectivity index (χ2v) is 5.84. The smallest absolute Gasteiger partial charge is 0.323 e. The van der Waals surface area contributed by atoms with Crippen LogP contribution in [0.3, 0.4) is 0 Å². The molecule has 0 spiro atoms. The molecular formula is C13H23N3O4. The van der Waals surface area contributed by atoms with Gasteiger partial charge in [-0.2, -0.15) is 0 Å². The van der Waals surface area contributed by atoms with Gasteiger partial charge in [0, 0.05) is 26.2 Å². The van der Waals surface area contributed by atoms with Gasteiger partial charge in [0.1, 0.15) is 12.1 Å². The average molecular weight is 285 g/mol. The van der Waals surface area contributed by atoms with E-state index >= 15 is 0 Å². The van der Waals surface area contributed by atoms with Crippen molar-refractivity contribution in [3.63, 3.8) is 0 Å². The zero-order valence-corrected chi connectivity index (χ0v) is 12.7. The van der Waals surface area contributed by atoms with Crippen LogP contribution < -0.4 is 0 Å². The zero-order valence-electron chi connectivity index (χ0n) is 12.7. The van der Waals surface area contributed by atoms with Gasteiger partial charge in [-0.25, -0.2) is 4.79 Å². The zero-order chi connectivity index (χ0) is 15.7. The number of urea groups is 1. The highest BCUT2D eigenvalue weighted by molar-refractivity contribution is 5.92. The van der Waals surface area contributed by atoms with Crippen LogP contribution in [0, 0.1) is 0 Å². The lowest BCUT2D eigenvalue weighted by Crippen LogP contribution is -2.66. The summed E-state index contributed by atoms with van der Waals surface area (Å²) in [6, 6.07) is -0.655. The van der Waals surface area contributed by atoms with E-state index in [9.17, 15) is 14.4 Å². The maximum absolute atomic E-state index is 12.6. The van der Waals surface area contributed by atoms with Crippen LogP contribution in [-0.4, -0.2) is 76.0 Å². The summed E-state index contributed by atoms with van der Waals surface area (Å²) < 4.78 is 0. The molecule has 3 amide bonds. The molecule has 7 nitrogen and oxygen atoms in total. The van der Waals surface area contributed by atoms with Crippen LogP contribution in [0.4, 0.5) is 4.79 Å². The fraction of sp³-hybridized carbons (Fsp3) is 0.769. The van der Waals surface area contributed by atoms with Crippen molar-refractivity contribution in [2.75, 3.05) is 26.7 Å². The van der Waals surface area contributed by atoms with Crippen LogP contribution in [0.25, 0.3) is 0 Å². The molecule has 1 fully saturated rings. The first kappa shape index (κ1) is 16.3. The van der Waals surface area contributed by atoms with Crippen LogP contribution in [0.5, 0.6) is 0 Å². The molecule has 0 atom stereocenters. The predicted molar refractivity (Wildman–Crippen MR) is 73.3 cm³/mol. The van der Waals surface area contributed by atoms with Crippen molar-refractivity contribution >= 4 is 17.9 Å². The van der Waals surface area contributed by atoms with E-state index in [2.05, 4.69) is 0 Å². The van der Waals surface area contributed by atoms with E-state index in [0.717, 1.165) is 0 Å². The Labute approximate surface area is 119 Å².